The van der Waals surface area contributed by atoms with E-state index in [4.69, 9.17) is 0 Å². The maximum Gasteiger partial charge on any atom is 0.0502 e. The van der Waals surface area contributed by atoms with E-state index in [1.165, 1.54) is 104 Å². The van der Waals surface area contributed by atoms with Crippen molar-refractivity contribution in [3.8, 4) is 22.3 Å². The lowest BCUT2D eigenvalue weighted by Gasteiger charge is -2.16. The van der Waals surface area contributed by atoms with Crippen LogP contribution < -0.4 is 5.32 Å². The lowest BCUT2D eigenvalue weighted by Crippen LogP contribution is -2.08. The summed E-state index contributed by atoms with van der Waals surface area (Å²) in [6.45, 7) is 4.35. The highest BCUT2D eigenvalue weighted by atomic mass is 15.0. The Bertz CT molecular complexity index is 2850. The summed E-state index contributed by atoms with van der Waals surface area (Å²) in [6.07, 6.45) is 6.55. The number of rotatable bonds is 3. The summed E-state index contributed by atoms with van der Waals surface area (Å²) in [7, 11) is 0. The minimum absolute atomic E-state index is 0.201. The zero-order chi connectivity index (χ0) is 33.3. The van der Waals surface area contributed by atoms with Crippen LogP contribution in [0.25, 0.3) is 92.5 Å². The van der Waals surface area contributed by atoms with Crippen LogP contribution in [0.3, 0.4) is 0 Å². The van der Waals surface area contributed by atoms with Gasteiger partial charge in [-0.05, 0) is 125 Å². The molecule has 236 valence electrons. The molecule has 1 aliphatic rings. The number of hydrogen-bond donors (Lipinski definition) is 1. The third-order valence-corrected chi connectivity index (χ3v) is 10.9. The molecule has 1 heterocycles. The highest BCUT2D eigenvalue weighted by Crippen LogP contribution is 2.47. The molecule has 0 bridgehead atoms. The van der Waals surface area contributed by atoms with E-state index >= 15 is 0 Å². The van der Waals surface area contributed by atoms with Crippen molar-refractivity contribution < 1.29 is 0 Å². The van der Waals surface area contributed by atoms with Gasteiger partial charge in [-0.15, -0.1) is 0 Å². The van der Waals surface area contributed by atoms with E-state index in [0.717, 1.165) is 0 Å². The summed E-state index contributed by atoms with van der Waals surface area (Å²) in [5.41, 5.74) is 8.70. The highest BCUT2D eigenvalue weighted by molar-refractivity contribution is 6.27. The van der Waals surface area contributed by atoms with Gasteiger partial charge in [0.25, 0.3) is 0 Å². The van der Waals surface area contributed by atoms with E-state index in [9.17, 15) is 0 Å². The Balaban J connectivity index is 1.25. The molecule has 1 heteroatoms. The van der Waals surface area contributed by atoms with Gasteiger partial charge >= 0.3 is 0 Å². The van der Waals surface area contributed by atoms with E-state index in [2.05, 4.69) is 183 Å². The van der Waals surface area contributed by atoms with Crippen molar-refractivity contribution in [2.24, 2.45) is 0 Å². The predicted molar refractivity (Wildman–Crippen MR) is 218 cm³/mol. The van der Waals surface area contributed by atoms with E-state index in [0.29, 0.717) is 0 Å². The molecule has 0 fully saturated rings. The molecule has 0 radical (unpaired) electrons. The third kappa shape index (κ3) is 4.27. The van der Waals surface area contributed by atoms with Gasteiger partial charge in [-0.1, -0.05) is 140 Å². The quantitative estimate of drug-likeness (QED) is 0.190. The average Bonchev–Trinajstić information content (AvgIpc) is 3.50. The first-order valence-electron chi connectivity index (χ1n) is 17.6. The molecule has 50 heavy (non-hydrogen) atoms. The topological polar surface area (TPSA) is 12.0 Å². The van der Waals surface area contributed by atoms with E-state index in [1.54, 1.807) is 0 Å². The van der Waals surface area contributed by atoms with Crippen molar-refractivity contribution in [3.05, 3.63) is 169 Å². The predicted octanol–water partition coefficient (Wildman–Crippen LogP) is 13.7. The molecule has 1 atom stereocenters. The van der Waals surface area contributed by atoms with Crippen LogP contribution in [-0.4, -0.2) is 6.04 Å². The lowest BCUT2D eigenvalue weighted by atomic mass is 9.88. The van der Waals surface area contributed by atoms with Crippen LogP contribution >= 0.6 is 0 Å². The Kier molecular flexibility index (Phi) is 6.44. The van der Waals surface area contributed by atoms with Crippen molar-refractivity contribution in [2.75, 3.05) is 5.32 Å². The molecule has 1 N–H and O–H groups in total. The molecular weight excluding hydrogens is 603 g/mol. The van der Waals surface area contributed by atoms with Crippen LogP contribution in [0.5, 0.6) is 0 Å². The molecule has 1 nitrogen and oxygen atoms in total. The monoisotopic (exact) mass is 637 g/mol. The molecule has 0 aromatic heterocycles. The molecular formula is C49H35N. The fraction of sp³-hybridized carbons (Fsp3) is 0.0612. The normalized spacial score (nSPS) is 15.3. The average molecular weight is 638 g/mol. The Morgan fingerprint density at radius 1 is 0.420 bits per heavy atom. The second kappa shape index (κ2) is 11.2. The van der Waals surface area contributed by atoms with Crippen LogP contribution in [0.1, 0.15) is 19.4 Å². The highest BCUT2D eigenvalue weighted by Gasteiger charge is 2.27. The largest absolute Gasteiger partial charge is 0.377 e. The smallest absolute Gasteiger partial charge is 0.0502 e. The fourth-order valence-electron chi connectivity index (χ4n) is 8.54. The van der Waals surface area contributed by atoms with Crippen molar-refractivity contribution in [3.63, 3.8) is 0 Å². The molecule has 9 aromatic rings. The molecule has 0 spiro atoms. The van der Waals surface area contributed by atoms with Crippen LogP contribution in [0.4, 0.5) is 5.69 Å². The molecule has 1 unspecified atom stereocenters. The molecule has 1 aliphatic heterocycles. The second-order valence-electron chi connectivity index (χ2n) is 13.7. The van der Waals surface area contributed by atoms with Crippen molar-refractivity contribution >= 4 is 75.9 Å². The van der Waals surface area contributed by atoms with Gasteiger partial charge in [0.1, 0.15) is 0 Å². The summed E-state index contributed by atoms with van der Waals surface area (Å²) in [6, 6.07) is 54.5. The Morgan fingerprint density at radius 3 is 1.30 bits per heavy atom. The first-order chi connectivity index (χ1) is 24.7. The van der Waals surface area contributed by atoms with Gasteiger partial charge in [-0.25, -0.2) is 0 Å². The lowest BCUT2D eigenvalue weighted by molar-refractivity contribution is 1.06. The first kappa shape index (κ1) is 28.8. The molecule has 0 saturated heterocycles. The fourth-order valence-corrected chi connectivity index (χ4v) is 8.54. The summed E-state index contributed by atoms with van der Waals surface area (Å²) >= 11 is 0. The second-order valence-corrected chi connectivity index (χ2v) is 13.7. The summed E-state index contributed by atoms with van der Waals surface area (Å²) in [4.78, 5) is 0. The Hall–Kier alpha value is -6.18. The first-order valence-corrected chi connectivity index (χ1v) is 17.6. The van der Waals surface area contributed by atoms with Gasteiger partial charge in [0, 0.05) is 17.2 Å². The van der Waals surface area contributed by atoms with Gasteiger partial charge in [0.2, 0.25) is 0 Å². The van der Waals surface area contributed by atoms with Crippen LogP contribution in [-0.2, 0) is 0 Å². The van der Waals surface area contributed by atoms with Gasteiger partial charge in [0.15, 0.2) is 0 Å². The number of hydrogen-bond acceptors (Lipinski definition) is 1. The van der Waals surface area contributed by atoms with Crippen molar-refractivity contribution in [1.29, 1.82) is 0 Å². The Labute approximate surface area is 291 Å². The molecule has 0 saturated carbocycles. The Morgan fingerprint density at radius 2 is 0.820 bits per heavy atom. The van der Waals surface area contributed by atoms with Crippen LogP contribution in [0.2, 0.25) is 0 Å². The summed E-state index contributed by atoms with van der Waals surface area (Å²) in [5.74, 6) is 0. The van der Waals surface area contributed by atoms with Gasteiger partial charge in [-0.2, -0.15) is 0 Å². The summed E-state index contributed by atoms with van der Waals surface area (Å²) in [5, 5.41) is 19.4. The minimum Gasteiger partial charge on any atom is -0.377 e. The number of benzene rings is 9. The van der Waals surface area contributed by atoms with Gasteiger partial charge < -0.3 is 5.32 Å². The van der Waals surface area contributed by atoms with Crippen molar-refractivity contribution in [1.82, 2.24) is 0 Å². The summed E-state index contributed by atoms with van der Waals surface area (Å²) < 4.78 is 0. The molecule has 9 aromatic carbocycles. The van der Waals surface area contributed by atoms with E-state index < -0.39 is 0 Å². The number of nitrogens with one attached hydrogen (secondary N) is 1. The number of allylic oxidation sites excluding steroid dienone is 3. The zero-order valence-electron chi connectivity index (χ0n) is 28.2. The SMILES string of the molecule is C/C=C\C=C1\c2cc(-c3ccc4c5ccccc5c5ccccc5c4c3)cc(-c3ccc4c5ccccc5c5ccccc5c4c3)c2NC1C. The van der Waals surface area contributed by atoms with E-state index in [1.807, 2.05) is 0 Å². The minimum atomic E-state index is 0.201. The van der Waals surface area contributed by atoms with Crippen LogP contribution in [0, 0.1) is 0 Å². The van der Waals surface area contributed by atoms with Crippen LogP contribution in [0.15, 0.2) is 164 Å². The maximum atomic E-state index is 3.89. The number of fused-ring (bicyclic) bond motifs is 13. The van der Waals surface area contributed by atoms with Gasteiger partial charge in [0.05, 0.1) is 5.69 Å². The third-order valence-electron chi connectivity index (χ3n) is 10.9. The standard InChI is InChI=1S/C49H35N/c1-3-4-13-34-30(2)50-49-45(32-23-25-44-40-19-8-6-15-36(40)38-17-10-12-21-42(38)47(44)27-32)28-33(29-48(34)49)31-22-24-43-39-18-7-5-14-35(39)37-16-9-11-20-41(37)46(43)26-31/h3-30,50H,1-2H3/b4-3-,34-13+. The van der Waals surface area contributed by atoms with Crippen molar-refractivity contribution in [2.45, 2.75) is 19.9 Å². The maximum absolute atomic E-state index is 3.89. The zero-order valence-corrected chi connectivity index (χ0v) is 28.2. The molecule has 0 aliphatic carbocycles. The molecule has 0 amide bonds. The number of anilines is 1. The van der Waals surface area contributed by atoms with E-state index in [-0.39, 0.29) is 6.04 Å². The molecule has 10 rings (SSSR count). The van der Waals surface area contributed by atoms with Gasteiger partial charge in [-0.3, -0.25) is 0 Å².